The van der Waals surface area contributed by atoms with Gasteiger partial charge in [-0.1, -0.05) is 0 Å². The quantitative estimate of drug-likeness (QED) is 0.847. The summed E-state index contributed by atoms with van der Waals surface area (Å²) in [5.74, 6) is 0.365. The van der Waals surface area contributed by atoms with Gasteiger partial charge in [0.15, 0.2) is 0 Å². The third kappa shape index (κ3) is 3.04. The summed E-state index contributed by atoms with van der Waals surface area (Å²) in [4.78, 5) is 19.5. The SMILES string of the molecule is Cc1cc(C(=O)NCc2ccco2)nc(Cl)n1. The Morgan fingerprint density at radius 2 is 2.35 bits per heavy atom. The summed E-state index contributed by atoms with van der Waals surface area (Å²) in [5, 5.41) is 2.74. The average Bonchev–Trinajstić information content (AvgIpc) is 2.77. The van der Waals surface area contributed by atoms with Crippen LogP contribution in [0.5, 0.6) is 0 Å². The molecule has 1 amide bonds. The smallest absolute Gasteiger partial charge is 0.270 e. The molecular formula is C11H10ClN3O2. The number of carbonyl (C=O) groups excluding carboxylic acids is 1. The van der Waals surface area contributed by atoms with Gasteiger partial charge in [-0.25, -0.2) is 9.97 Å². The molecule has 5 nitrogen and oxygen atoms in total. The van der Waals surface area contributed by atoms with Crippen molar-refractivity contribution in [2.24, 2.45) is 0 Å². The minimum absolute atomic E-state index is 0.0631. The highest BCUT2D eigenvalue weighted by Crippen LogP contribution is 2.06. The first kappa shape index (κ1) is 11.6. The monoisotopic (exact) mass is 251 g/mol. The van der Waals surface area contributed by atoms with Gasteiger partial charge in [0.1, 0.15) is 11.5 Å². The van der Waals surface area contributed by atoms with Crippen LogP contribution in [0.4, 0.5) is 0 Å². The molecule has 0 saturated carbocycles. The Morgan fingerprint density at radius 3 is 3.00 bits per heavy atom. The van der Waals surface area contributed by atoms with Gasteiger partial charge in [-0.05, 0) is 36.7 Å². The molecule has 0 bridgehead atoms. The fourth-order valence-electron chi connectivity index (χ4n) is 1.32. The van der Waals surface area contributed by atoms with Crippen molar-refractivity contribution in [3.8, 4) is 0 Å². The first-order chi connectivity index (χ1) is 8.15. The standard InChI is InChI=1S/C11H10ClN3O2/c1-7-5-9(15-11(12)14-7)10(16)13-6-8-3-2-4-17-8/h2-5H,6H2,1H3,(H,13,16). The Labute approximate surface area is 103 Å². The predicted octanol–water partition coefficient (Wildman–Crippen LogP) is 1.96. The van der Waals surface area contributed by atoms with Crippen LogP contribution in [-0.2, 0) is 6.54 Å². The molecule has 0 radical (unpaired) electrons. The largest absolute Gasteiger partial charge is 0.467 e. The Bertz CT molecular complexity index is 505. The maximum Gasteiger partial charge on any atom is 0.270 e. The number of carbonyl (C=O) groups is 1. The molecule has 0 fully saturated rings. The first-order valence-electron chi connectivity index (χ1n) is 4.97. The van der Waals surface area contributed by atoms with E-state index in [1.807, 2.05) is 0 Å². The lowest BCUT2D eigenvalue weighted by atomic mass is 10.3. The van der Waals surface area contributed by atoms with Crippen LogP contribution >= 0.6 is 11.6 Å². The van der Waals surface area contributed by atoms with E-state index >= 15 is 0 Å². The summed E-state index contributed by atoms with van der Waals surface area (Å²) < 4.78 is 5.09. The maximum atomic E-state index is 11.7. The second-order valence-corrected chi connectivity index (χ2v) is 3.76. The molecule has 0 aliphatic heterocycles. The molecular weight excluding hydrogens is 242 g/mol. The number of nitrogens with zero attached hydrogens (tertiary/aromatic N) is 2. The molecule has 0 aliphatic rings. The molecule has 1 N–H and O–H groups in total. The molecule has 0 spiro atoms. The Kier molecular flexibility index (Phi) is 3.39. The summed E-state index contributed by atoms with van der Waals surface area (Å²) in [5.41, 5.74) is 0.891. The molecule has 0 aromatic carbocycles. The van der Waals surface area contributed by atoms with Gasteiger partial charge < -0.3 is 9.73 Å². The number of hydrogen-bond donors (Lipinski definition) is 1. The summed E-state index contributed by atoms with van der Waals surface area (Å²) >= 11 is 5.67. The van der Waals surface area contributed by atoms with Crippen molar-refractivity contribution in [3.63, 3.8) is 0 Å². The highest BCUT2D eigenvalue weighted by Gasteiger charge is 2.09. The molecule has 2 rings (SSSR count). The van der Waals surface area contributed by atoms with Crippen LogP contribution in [0, 0.1) is 6.92 Å². The van der Waals surface area contributed by atoms with E-state index in [1.165, 1.54) is 0 Å². The van der Waals surface area contributed by atoms with Crippen LogP contribution in [0.15, 0.2) is 28.9 Å². The van der Waals surface area contributed by atoms with Crippen LogP contribution in [0.3, 0.4) is 0 Å². The number of nitrogens with one attached hydrogen (secondary N) is 1. The number of aryl methyl sites for hydroxylation is 1. The van der Waals surface area contributed by atoms with Gasteiger partial charge in [0, 0.05) is 5.69 Å². The highest BCUT2D eigenvalue weighted by molar-refractivity contribution is 6.28. The molecule has 17 heavy (non-hydrogen) atoms. The van der Waals surface area contributed by atoms with Crippen molar-refractivity contribution < 1.29 is 9.21 Å². The minimum Gasteiger partial charge on any atom is -0.467 e. The predicted molar refractivity (Wildman–Crippen MR) is 61.7 cm³/mol. The number of halogens is 1. The molecule has 2 aromatic rings. The molecule has 2 aromatic heterocycles. The second kappa shape index (κ2) is 4.97. The zero-order chi connectivity index (χ0) is 12.3. The number of amides is 1. The van der Waals surface area contributed by atoms with Crippen LogP contribution in [0.2, 0.25) is 5.28 Å². The summed E-state index contributed by atoms with van der Waals surface area (Å²) in [6, 6.07) is 5.11. The molecule has 0 saturated heterocycles. The van der Waals surface area contributed by atoms with Crippen LogP contribution in [0.1, 0.15) is 21.9 Å². The highest BCUT2D eigenvalue weighted by atomic mass is 35.5. The lowest BCUT2D eigenvalue weighted by Crippen LogP contribution is -2.24. The van der Waals surface area contributed by atoms with Gasteiger partial charge in [0.05, 0.1) is 12.8 Å². The summed E-state index contributed by atoms with van der Waals surface area (Å²) in [7, 11) is 0. The Balaban J connectivity index is 2.04. The van der Waals surface area contributed by atoms with Gasteiger partial charge in [-0.2, -0.15) is 0 Å². The van der Waals surface area contributed by atoms with E-state index in [9.17, 15) is 4.79 Å². The van der Waals surface area contributed by atoms with Crippen LogP contribution < -0.4 is 5.32 Å². The molecule has 88 valence electrons. The van der Waals surface area contributed by atoms with E-state index in [-0.39, 0.29) is 16.9 Å². The van der Waals surface area contributed by atoms with Gasteiger partial charge >= 0.3 is 0 Å². The molecule has 6 heteroatoms. The van der Waals surface area contributed by atoms with E-state index in [1.54, 1.807) is 31.4 Å². The topological polar surface area (TPSA) is 68.0 Å². The molecule has 0 atom stereocenters. The zero-order valence-corrected chi connectivity index (χ0v) is 9.86. The maximum absolute atomic E-state index is 11.7. The fourth-order valence-corrected chi connectivity index (χ4v) is 1.54. The van der Waals surface area contributed by atoms with E-state index in [0.717, 1.165) is 0 Å². The van der Waals surface area contributed by atoms with Crippen molar-refractivity contribution in [1.82, 2.24) is 15.3 Å². The number of aromatic nitrogens is 2. The lowest BCUT2D eigenvalue weighted by molar-refractivity contribution is 0.0942. The van der Waals surface area contributed by atoms with Gasteiger partial charge in [-0.3, -0.25) is 4.79 Å². The van der Waals surface area contributed by atoms with Crippen LogP contribution in [0.25, 0.3) is 0 Å². The van der Waals surface area contributed by atoms with Crippen molar-refractivity contribution >= 4 is 17.5 Å². The van der Waals surface area contributed by atoms with E-state index in [2.05, 4.69) is 15.3 Å². The third-order valence-electron chi connectivity index (χ3n) is 2.06. The first-order valence-corrected chi connectivity index (χ1v) is 5.35. The minimum atomic E-state index is -0.311. The van der Waals surface area contributed by atoms with E-state index < -0.39 is 0 Å². The van der Waals surface area contributed by atoms with Crippen molar-refractivity contribution in [2.45, 2.75) is 13.5 Å². The van der Waals surface area contributed by atoms with Crippen molar-refractivity contribution in [2.75, 3.05) is 0 Å². The molecule has 0 aliphatic carbocycles. The zero-order valence-electron chi connectivity index (χ0n) is 9.11. The van der Waals surface area contributed by atoms with E-state index in [0.29, 0.717) is 18.0 Å². The number of hydrogen-bond acceptors (Lipinski definition) is 4. The summed E-state index contributed by atoms with van der Waals surface area (Å²) in [6.45, 7) is 2.06. The van der Waals surface area contributed by atoms with Gasteiger partial charge in [0.2, 0.25) is 5.28 Å². The van der Waals surface area contributed by atoms with E-state index in [4.69, 9.17) is 16.0 Å². The van der Waals surface area contributed by atoms with Crippen molar-refractivity contribution in [1.29, 1.82) is 0 Å². The van der Waals surface area contributed by atoms with Crippen LogP contribution in [-0.4, -0.2) is 15.9 Å². The second-order valence-electron chi connectivity index (χ2n) is 3.43. The molecule has 2 heterocycles. The molecule has 0 unspecified atom stereocenters. The average molecular weight is 252 g/mol. The fraction of sp³-hybridized carbons (Fsp3) is 0.182. The number of furan rings is 1. The Morgan fingerprint density at radius 1 is 1.53 bits per heavy atom. The lowest BCUT2D eigenvalue weighted by Gasteiger charge is -2.03. The summed E-state index contributed by atoms with van der Waals surface area (Å²) in [6.07, 6.45) is 1.55. The number of rotatable bonds is 3. The van der Waals surface area contributed by atoms with Gasteiger partial charge in [-0.15, -0.1) is 0 Å². The van der Waals surface area contributed by atoms with Gasteiger partial charge in [0.25, 0.3) is 5.91 Å². The Hall–Kier alpha value is -1.88. The third-order valence-corrected chi connectivity index (χ3v) is 2.23. The van der Waals surface area contributed by atoms with Crippen molar-refractivity contribution in [3.05, 3.63) is 46.9 Å². The normalized spacial score (nSPS) is 10.2.